The third-order valence-corrected chi connectivity index (χ3v) is 8.80. The molecule has 2 fully saturated rings. The van der Waals surface area contributed by atoms with Crippen molar-refractivity contribution in [2.45, 2.75) is 62.8 Å². The number of thioether (sulfide) groups is 1. The lowest BCUT2D eigenvalue weighted by molar-refractivity contribution is -0.132. The minimum absolute atomic E-state index is 0.00661. The van der Waals surface area contributed by atoms with Gasteiger partial charge in [-0.2, -0.15) is 0 Å². The molecule has 0 bridgehead atoms. The van der Waals surface area contributed by atoms with Crippen LogP contribution in [0.4, 0.5) is 4.39 Å². The molecule has 10 heteroatoms. The number of sulfone groups is 1. The number of halogens is 1. The smallest absolute Gasteiger partial charge is 0.277 e. The van der Waals surface area contributed by atoms with Gasteiger partial charge in [-0.1, -0.05) is 43.2 Å². The number of hydrogen-bond acceptors (Lipinski definition) is 7. The van der Waals surface area contributed by atoms with Crippen LogP contribution in [-0.4, -0.2) is 52.7 Å². The van der Waals surface area contributed by atoms with Crippen molar-refractivity contribution in [3.63, 3.8) is 0 Å². The predicted octanol–water partition coefficient (Wildman–Crippen LogP) is 3.64. The average Bonchev–Trinajstić information content (AvgIpc) is 3.37. The predicted molar refractivity (Wildman–Crippen MR) is 119 cm³/mol. The summed E-state index contributed by atoms with van der Waals surface area (Å²) in [4.78, 5) is 15.0. The summed E-state index contributed by atoms with van der Waals surface area (Å²) >= 11 is 1.20. The van der Waals surface area contributed by atoms with Gasteiger partial charge < -0.3 is 9.32 Å². The van der Waals surface area contributed by atoms with Crippen LogP contribution in [0.25, 0.3) is 0 Å². The fourth-order valence-electron chi connectivity index (χ4n) is 4.47. The van der Waals surface area contributed by atoms with Crippen molar-refractivity contribution in [3.8, 4) is 0 Å². The number of benzene rings is 1. The molecule has 174 valence electrons. The number of amides is 1. The summed E-state index contributed by atoms with van der Waals surface area (Å²) in [6, 6.07) is 6.47. The van der Waals surface area contributed by atoms with Gasteiger partial charge in [0.2, 0.25) is 11.8 Å². The lowest BCUT2D eigenvalue weighted by Crippen LogP contribution is -2.41. The molecule has 4 rings (SSSR count). The number of rotatable bonds is 8. The average molecular weight is 482 g/mol. The largest absolute Gasteiger partial charge is 0.416 e. The Kier molecular flexibility index (Phi) is 7.50. The van der Waals surface area contributed by atoms with Crippen LogP contribution in [0.2, 0.25) is 0 Å². The molecule has 0 N–H and O–H groups in total. The van der Waals surface area contributed by atoms with E-state index in [-0.39, 0.29) is 40.9 Å². The first-order chi connectivity index (χ1) is 15.4. The number of aromatic nitrogens is 2. The Bertz CT molecular complexity index is 1020. The molecule has 1 aromatic carbocycles. The first-order valence-electron chi connectivity index (χ1n) is 11.1. The van der Waals surface area contributed by atoms with Crippen LogP contribution in [0.5, 0.6) is 0 Å². The van der Waals surface area contributed by atoms with Gasteiger partial charge in [-0.15, -0.1) is 10.2 Å². The van der Waals surface area contributed by atoms with Crippen molar-refractivity contribution in [1.82, 2.24) is 15.1 Å². The molecular formula is C22H28FN3O4S2. The summed E-state index contributed by atoms with van der Waals surface area (Å²) < 4.78 is 42.2. The van der Waals surface area contributed by atoms with Crippen LogP contribution in [0.1, 0.15) is 50.0 Å². The Morgan fingerprint density at radius 3 is 2.56 bits per heavy atom. The molecule has 1 aromatic heterocycles. The van der Waals surface area contributed by atoms with Crippen LogP contribution in [0.3, 0.4) is 0 Å². The second-order valence-electron chi connectivity index (χ2n) is 8.66. The van der Waals surface area contributed by atoms with Gasteiger partial charge in [-0.3, -0.25) is 4.79 Å². The summed E-state index contributed by atoms with van der Waals surface area (Å²) in [6.07, 6.45) is 6.42. The fourth-order valence-corrected chi connectivity index (χ4v) is 6.99. The van der Waals surface area contributed by atoms with Crippen molar-refractivity contribution in [2.75, 3.05) is 17.3 Å². The van der Waals surface area contributed by atoms with Crippen molar-refractivity contribution in [1.29, 1.82) is 0 Å². The number of carbonyl (C=O) groups is 1. The quantitative estimate of drug-likeness (QED) is 0.532. The van der Waals surface area contributed by atoms with E-state index in [2.05, 4.69) is 10.2 Å². The highest BCUT2D eigenvalue weighted by Gasteiger charge is 2.30. The maximum atomic E-state index is 13.3. The zero-order valence-corrected chi connectivity index (χ0v) is 19.5. The first kappa shape index (κ1) is 23.2. The van der Waals surface area contributed by atoms with E-state index in [1.54, 1.807) is 12.1 Å². The standard InChI is InChI=1S/C22H28FN3O4S2/c23-18-8-6-16(7-9-18)13-26(19-4-2-1-3-5-19)21(27)14-31-22-25-24-20(30-22)12-17-10-11-32(28,29)15-17/h6-9,17,19H,1-5,10-15H2. The van der Waals surface area contributed by atoms with Gasteiger partial charge >= 0.3 is 0 Å². The highest BCUT2D eigenvalue weighted by molar-refractivity contribution is 7.99. The minimum Gasteiger partial charge on any atom is -0.416 e. The SMILES string of the molecule is O=C(CSc1nnc(CC2CCS(=O)(=O)C2)o1)N(Cc1ccc(F)cc1)C1CCCCC1. The molecule has 1 amide bonds. The Morgan fingerprint density at radius 1 is 1.12 bits per heavy atom. The van der Waals surface area contributed by atoms with Gasteiger partial charge in [-0.25, -0.2) is 12.8 Å². The lowest BCUT2D eigenvalue weighted by Gasteiger charge is -2.34. The summed E-state index contributed by atoms with van der Waals surface area (Å²) in [5.74, 6) is 0.685. The first-order valence-corrected chi connectivity index (χ1v) is 13.9. The highest BCUT2D eigenvalue weighted by atomic mass is 32.2. The van der Waals surface area contributed by atoms with Gasteiger partial charge in [0.1, 0.15) is 5.82 Å². The van der Waals surface area contributed by atoms with Crippen LogP contribution in [0, 0.1) is 11.7 Å². The summed E-state index contributed by atoms with van der Waals surface area (Å²) in [5, 5.41) is 8.36. The summed E-state index contributed by atoms with van der Waals surface area (Å²) in [7, 11) is -2.94. The maximum Gasteiger partial charge on any atom is 0.277 e. The molecule has 1 aliphatic carbocycles. The molecule has 7 nitrogen and oxygen atoms in total. The van der Waals surface area contributed by atoms with Gasteiger partial charge in [-0.05, 0) is 42.9 Å². The summed E-state index contributed by atoms with van der Waals surface area (Å²) in [6.45, 7) is 0.454. The van der Waals surface area contributed by atoms with E-state index in [0.29, 0.717) is 30.5 Å². The fraction of sp³-hybridized carbons (Fsp3) is 0.591. The zero-order chi connectivity index (χ0) is 22.6. The molecule has 1 saturated heterocycles. The number of hydrogen-bond donors (Lipinski definition) is 0. The van der Waals surface area contributed by atoms with E-state index in [1.165, 1.54) is 30.3 Å². The van der Waals surface area contributed by atoms with Crippen LogP contribution >= 0.6 is 11.8 Å². The van der Waals surface area contributed by atoms with Gasteiger partial charge in [0.25, 0.3) is 5.22 Å². The van der Waals surface area contributed by atoms with Gasteiger partial charge in [0, 0.05) is 19.0 Å². The minimum atomic E-state index is -2.94. The maximum absolute atomic E-state index is 13.3. The zero-order valence-electron chi connectivity index (χ0n) is 17.9. The number of nitrogens with zero attached hydrogens (tertiary/aromatic N) is 3. The second-order valence-corrected chi connectivity index (χ2v) is 11.8. The second kappa shape index (κ2) is 10.3. The Hall–Kier alpha value is -1.94. The van der Waals surface area contributed by atoms with Crippen molar-refractivity contribution < 1.29 is 22.0 Å². The van der Waals surface area contributed by atoms with Gasteiger partial charge in [0.15, 0.2) is 9.84 Å². The van der Waals surface area contributed by atoms with E-state index in [4.69, 9.17) is 4.42 Å². The molecule has 1 unspecified atom stereocenters. The molecular weight excluding hydrogens is 453 g/mol. The molecule has 32 heavy (non-hydrogen) atoms. The van der Waals surface area contributed by atoms with E-state index < -0.39 is 9.84 Å². The molecule has 1 saturated carbocycles. The lowest BCUT2D eigenvalue weighted by atomic mass is 9.94. The third-order valence-electron chi connectivity index (χ3n) is 6.16. The number of carbonyl (C=O) groups excluding carboxylic acids is 1. The molecule has 1 atom stereocenters. The molecule has 1 aliphatic heterocycles. The summed E-state index contributed by atoms with van der Waals surface area (Å²) in [5.41, 5.74) is 0.905. The van der Waals surface area contributed by atoms with Crippen LogP contribution in [0.15, 0.2) is 33.9 Å². The molecule has 0 spiro atoms. The van der Waals surface area contributed by atoms with E-state index in [0.717, 1.165) is 31.2 Å². The van der Waals surface area contributed by atoms with Crippen LogP contribution in [-0.2, 0) is 27.6 Å². The van der Waals surface area contributed by atoms with E-state index >= 15 is 0 Å². The molecule has 2 aliphatic rings. The molecule has 0 radical (unpaired) electrons. The van der Waals surface area contributed by atoms with Crippen molar-refractivity contribution in [3.05, 3.63) is 41.5 Å². The van der Waals surface area contributed by atoms with Crippen molar-refractivity contribution in [2.24, 2.45) is 5.92 Å². The molecule has 2 heterocycles. The monoisotopic (exact) mass is 481 g/mol. The van der Waals surface area contributed by atoms with Gasteiger partial charge in [0.05, 0.1) is 17.3 Å². The van der Waals surface area contributed by atoms with E-state index in [9.17, 15) is 17.6 Å². The Balaban J connectivity index is 1.35. The molecule has 2 aromatic rings. The Morgan fingerprint density at radius 2 is 1.88 bits per heavy atom. The normalized spacial score (nSPS) is 21.0. The van der Waals surface area contributed by atoms with Crippen LogP contribution < -0.4 is 0 Å². The highest BCUT2D eigenvalue weighted by Crippen LogP contribution is 2.27. The van der Waals surface area contributed by atoms with E-state index in [1.807, 2.05) is 4.90 Å². The van der Waals surface area contributed by atoms with Crippen molar-refractivity contribution >= 4 is 27.5 Å². The third kappa shape index (κ3) is 6.31. The topological polar surface area (TPSA) is 93.4 Å². The Labute approximate surface area is 192 Å².